The number of hydrogen-bond acceptors (Lipinski definition) is 2. The van der Waals surface area contributed by atoms with Crippen molar-refractivity contribution in [3.8, 4) is 0 Å². The average Bonchev–Trinajstić information content (AvgIpc) is 2.31. The lowest BCUT2D eigenvalue weighted by Crippen LogP contribution is -2.03. The van der Waals surface area contributed by atoms with Crippen molar-refractivity contribution in [1.29, 1.82) is 0 Å². The quantitative estimate of drug-likeness (QED) is 0.900. The first-order valence-corrected chi connectivity index (χ1v) is 5.91. The van der Waals surface area contributed by atoms with Crippen molar-refractivity contribution in [2.45, 2.75) is 0 Å². The van der Waals surface area contributed by atoms with Gasteiger partial charge in [-0.15, -0.1) is 0 Å². The molecular formula is C13H9BrFNO2. The Labute approximate surface area is 111 Å². The zero-order valence-corrected chi connectivity index (χ0v) is 10.7. The van der Waals surface area contributed by atoms with E-state index in [1.165, 1.54) is 12.1 Å². The van der Waals surface area contributed by atoms with Crippen LogP contribution in [0.5, 0.6) is 0 Å². The van der Waals surface area contributed by atoms with E-state index in [4.69, 9.17) is 5.11 Å². The number of carboxylic acid groups (broad SMARTS) is 1. The van der Waals surface area contributed by atoms with Crippen LogP contribution in [-0.2, 0) is 0 Å². The van der Waals surface area contributed by atoms with Gasteiger partial charge in [-0.25, -0.2) is 9.18 Å². The number of halogens is 2. The van der Waals surface area contributed by atoms with Gasteiger partial charge >= 0.3 is 5.97 Å². The molecule has 2 aromatic carbocycles. The molecule has 92 valence electrons. The van der Waals surface area contributed by atoms with Crippen molar-refractivity contribution in [3.63, 3.8) is 0 Å². The monoisotopic (exact) mass is 309 g/mol. The summed E-state index contributed by atoms with van der Waals surface area (Å²) in [5.74, 6) is -1.75. The van der Waals surface area contributed by atoms with Crippen molar-refractivity contribution in [2.24, 2.45) is 0 Å². The molecule has 0 fully saturated rings. The summed E-state index contributed by atoms with van der Waals surface area (Å²) in [5, 5.41) is 12.0. The van der Waals surface area contributed by atoms with E-state index >= 15 is 0 Å². The van der Waals surface area contributed by atoms with Crippen LogP contribution in [0, 0.1) is 5.82 Å². The Morgan fingerprint density at radius 2 is 2.00 bits per heavy atom. The average molecular weight is 310 g/mol. The Kier molecular flexibility index (Phi) is 3.62. The van der Waals surface area contributed by atoms with E-state index in [0.29, 0.717) is 5.69 Å². The van der Waals surface area contributed by atoms with Crippen molar-refractivity contribution in [3.05, 3.63) is 58.3 Å². The van der Waals surface area contributed by atoms with Crippen LogP contribution in [0.3, 0.4) is 0 Å². The van der Waals surface area contributed by atoms with Gasteiger partial charge in [0.1, 0.15) is 5.82 Å². The van der Waals surface area contributed by atoms with Crippen LogP contribution < -0.4 is 5.32 Å². The molecule has 0 aromatic heterocycles. The number of carbonyl (C=O) groups is 1. The van der Waals surface area contributed by atoms with E-state index in [1.54, 1.807) is 12.1 Å². The van der Waals surface area contributed by atoms with Gasteiger partial charge in [-0.1, -0.05) is 22.0 Å². The molecule has 2 rings (SSSR count). The Bertz CT molecular complexity index is 601. The minimum atomic E-state index is -1.17. The number of nitrogens with one attached hydrogen (secondary N) is 1. The zero-order chi connectivity index (χ0) is 13.1. The van der Waals surface area contributed by atoms with Crippen LogP contribution in [0.25, 0.3) is 0 Å². The lowest BCUT2D eigenvalue weighted by molar-refractivity contribution is 0.0697. The number of aromatic carboxylic acids is 1. The number of anilines is 2. The van der Waals surface area contributed by atoms with E-state index in [2.05, 4.69) is 21.2 Å². The predicted octanol–water partition coefficient (Wildman–Crippen LogP) is 4.03. The highest BCUT2D eigenvalue weighted by molar-refractivity contribution is 9.10. The molecule has 0 aliphatic rings. The third kappa shape index (κ3) is 2.87. The third-order valence-electron chi connectivity index (χ3n) is 2.32. The van der Waals surface area contributed by atoms with Crippen LogP contribution >= 0.6 is 15.9 Å². The lowest BCUT2D eigenvalue weighted by Gasteiger charge is -2.09. The van der Waals surface area contributed by atoms with E-state index < -0.39 is 11.8 Å². The Balaban J connectivity index is 2.37. The van der Waals surface area contributed by atoms with Gasteiger partial charge in [0.2, 0.25) is 0 Å². The fraction of sp³-hybridized carbons (Fsp3) is 0. The molecule has 0 unspecified atom stereocenters. The fourth-order valence-corrected chi connectivity index (χ4v) is 1.92. The van der Waals surface area contributed by atoms with Crippen molar-refractivity contribution in [2.75, 3.05) is 5.32 Å². The third-order valence-corrected chi connectivity index (χ3v) is 2.81. The summed E-state index contributed by atoms with van der Waals surface area (Å²) in [7, 11) is 0. The molecule has 0 bridgehead atoms. The van der Waals surface area contributed by atoms with Gasteiger partial charge in [-0.2, -0.15) is 0 Å². The summed E-state index contributed by atoms with van der Waals surface area (Å²) in [6.07, 6.45) is 0. The predicted molar refractivity (Wildman–Crippen MR) is 70.8 cm³/mol. The molecule has 18 heavy (non-hydrogen) atoms. The van der Waals surface area contributed by atoms with Crippen LogP contribution in [-0.4, -0.2) is 11.1 Å². The topological polar surface area (TPSA) is 49.3 Å². The molecule has 0 heterocycles. The molecule has 0 aliphatic carbocycles. The number of rotatable bonds is 3. The van der Waals surface area contributed by atoms with E-state index in [0.717, 1.165) is 16.2 Å². The van der Waals surface area contributed by atoms with Crippen LogP contribution in [0.4, 0.5) is 15.8 Å². The largest absolute Gasteiger partial charge is 0.478 e. The van der Waals surface area contributed by atoms with Crippen molar-refractivity contribution >= 4 is 33.3 Å². The first-order valence-electron chi connectivity index (χ1n) is 5.12. The van der Waals surface area contributed by atoms with E-state index in [9.17, 15) is 9.18 Å². The van der Waals surface area contributed by atoms with E-state index in [-0.39, 0.29) is 5.56 Å². The van der Waals surface area contributed by atoms with Gasteiger partial charge in [0.05, 0.1) is 11.3 Å². The highest BCUT2D eigenvalue weighted by Crippen LogP contribution is 2.24. The molecular weight excluding hydrogens is 301 g/mol. The highest BCUT2D eigenvalue weighted by atomic mass is 79.9. The molecule has 0 spiro atoms. The molecule has 2 aromatic rings. The first kappa shape index (κ1) is 12.6. The molecule has 0 atom stereocenters. The second-order valence-corrected chi connectivity index (χ2v) is 4.55. The van der Waals surface area contributed by atoms with Gasteiger partial charge in [0, 0.05) is 10.2 Å². The number of hydrogen-bond donors (Lipinski definition) is 2. The van der Waals surface area contributed by atoms with E-state index in [1.807, 2.05) is 12.1 Å². The summed E-state index contributed by atoms with van der Waals surface area (Å²) in [5.41, 5.74) is 0.968. The smallest absolute Gasteiger partial charge is 0.337 e. The highest BCUT2D eigenvalue weighted by Gasteiger charge is 2.11. The standard InChI is InChI=1S/C13H9BrFNO2/c14-8-2-1-3-10(6-8)16-12-5-4-9(15)7-11(12)13(17)18/h1-7,16H,(H,17,18). The van der Waals surface area contributed by atoms with Crippen LogP contribution in [0.2, 0.25) is 0 Å². The summed E-state index contributed by atoms with van der Waals surface area (Å²) in [6.45, 7) is 0. The number of carboxylic acids is 1. The van der Waals surface area contributed by atoms with Gasteiger partial charge in [-0.3, -0.25) is 0 Å². The van der Waals surface area contributed by atoms with Crippen LogP contribution in [0.1, 0.15) is 10.4 Å². The molecule has 0 saturated carbocycles. The summed E-state index contributed by atoms with van der Waals surface area (Å²) in [6, 6.07) is 10.9. The maximum Gasteiger partial charge on any atom is 0.337 e. The van der Waals surface area contributed by atoms with Crippen molar-refractivity contribution in [1.82, 2.24) is 0 Å². The fourth-order valence-electron chi connectivity index (χ4n) is 1.52. The Morgan fingerprint density at radius 1 is 1.22 bits per heavy atom. The SMILES string of the molecule is O=C(O)c1cc(F)ccc1Nc1cccc(Br)c1. The number of benzene rings is 2. The maximum atomic E-state index is 13.0. The van der Waals surface area contributed by atoms with Crippen molar-refractivity contribution < 1.29 is 14.3 Å². The van der Waals surface area contributed by atoms with Gasteiger partial charge < -0.3 is 10.4 Å². The van der Waals surface area contributed by atoms with Gasteiger partial charge in [-0.05, 0) is 36.4 Å². The molecule has 0 amide bonds. The summed E-state index contributed by atoms with van der Waals surface area (Å²) >= 11 is 3.32. The van der Waals surface area contributed by atoms with Gasteiger partial charge in [0.15, 0.2) is 0 Å². The molecule has 2 N–H and O–H groups in total. The summed E-state index contributed by atoms with van der Waals surface area (Å²) in [4.78, 5) is 11.0. The lowest BCUT2D eigenvalue weighted by atomic mass is 10.1. The molecule has 0 aliphatic heterocycles. The second-order valence-electron chi connectivity index (χ2n) is 3.63. The molecule has 0 radical (unpaired) electrons. The summed E-state index contributed by atoms with van der Waals surface area (Å²) < 4.78 is 13.9. The zero-order valence-electron chi connectivity index (χ0n) is 9.15. The van der Waals surface area contributed by atoms with Crippen LogP contribution in [0.15, 0.2) is 46.9 Å². The Hall–Kier alpha value is -1.88. The normalized spacial score (nSPS) is 10.1. The molecule has 3 nitrogen and oxygen atoms in total. The molecule has 0 saturated heterocycles. The minimum absolute atomic E-state index is 0.102. The second kappa shape index (κ2) is 5.18. The van der Waals surface area contributed by atoms with Gasteiger partial charge in [0.25, 0.3) is 0 Å². The first-order chi connectivity index (χ1) is 8.56. The minimum Gasteiger partial charge on any atom is -0.478 e. The maximum absolute atomic E-state index is 13.0. The molecule has 5 heteroatoms. The Morgan fingerprint density at radius 3 is 2.67 bits per heavy atom.